The van der Waals surface area contributed by atoms with Crippen LogP contribution in [0.25, 0.3) is 0 Å². The Morgan fingerprint density at radius 1 is 0.862 bits per heavy atom. The highest BCUT2D eigenvalue weighted by Gasteiger charge is 2.48. The zero-order chi connectivity index (χ0) is 42.8. The number of nitrogens with zero attached hydrogens (tertiary/aromatic N) is 1. The number of allylic oxidation sites excluding steroid dienone is 1. The van der Waals surface area contributed by atoms with Crippen LogP contribution in [0.5, 0.6) is 0 Å². The second-order valence-corrected chi connectivity index (χ2v) is 21.4. The van der Waals surface area contributed by atoms with Gasteiger partial charge in [-0.3, -0.25) is 19.2 Å². The van der Waals surface area contributed by atoms with Crippen molar-refractivity contribution < 1.29 is 19.2 Å². The Balaban J connectivity index is 0.000000362. The molecule has 0 spiro atoms. The third-order valence-corrected chi connectivity index (χ3v) is 13.8. The number of rotatable bonds is 23. The van der Waals surface area contributed by atoms with E-state index in [2.05, 4.69) is 88.2 Å². The van der Waals surface area contributed by atoms with Crippen molar-refractivity contribution in [3.63, 3.8) is 0 Å². The van der Waals surface area contributed by atoms with Gasteiger partial charge in [-0.15, -0.1) is 0 Å². The SMILES string of the molecule is C=C(NC(CCC(=O)CNCC1CC1)C(C)(C)C)NC(C(=O)N1C[C@H](C(C)(C)C)CC1C(C)=O)C1(C)CCCCC1.C=C(NC1CC1)C(=O)CC(CCC1CC1)NC. The fourth-order valence-corrected chi connectivity index (χ4v) is 8.81. The van der Waals surface area contributed by atoms with E-state index < -0.39 is 6.04 Å². The molecule has 0 radical (unpaired) electrons. The van der Waals surface area contributed by atoms with Crippen LogP contribution in [-0.4, -0.2) is 85.0 Å². The smallest absolute Gasteiger partial charge is 0.246 e. The van der Waals surface area contributed by atoms with Crippen molar-refractivity contribution in [2.45, 2.75) is 195 Å². The van der Waals surface area contributed by atoms with Crippen LogP contribution in [0.4, 0.5) is 0 Å². The number of carbonyl (C=O) groups excluding carboxylic acids is 4. The number of carbonyl (C=O) groups is 4. The Hall–Kier alpha value is -2.72. The molecule has 0 bridgehead atoms. The van der Waals surface area contributed by atoms with Gasteiger partial charge in [0, 0.05) is 37.5 Å². The summed E-state index contributed by atoms with van der Waals surface area (Å²) in [6.07, 6.45) is 17.9. The summed E-state index contributed by atoms with van der Waals surface area (Å²) in [5.74, 6) is 3.10. The number of likely N-dealkylation sites (tertiary alicyclic amines) is 1. The zero-order valence-electron chi connectivity index (χ0n) is 38.3. The minimum absolute atomic E-state index is 0.0202. The number of amides is 1. The first-order valence-electron chi connectivity index (χ1n) is 23.1. The number of hydrogen-bond donors (Lipinski definition) is 5. The third kappa shape index (κ3) is 15.7. The molecular formula is C48H84N6O4. The predicted octanol–water partition coefficient (Wildman–Crippen LogP) is 7.58. The topological polar surface area (TPSA) is 132 Å². The van der Waals surface area contributed by atoms with E-state index in [4.69, 9.17) is 0 Å². The van der Waals surface area contributed by atoms with Gasteiger partial charge in [-0.25, -0.2) is 0 Å². The van der Waals surface area contributed by atoms with Crippen LogP contribution < -0.4 is 26.6 Å². The van der Waals surface area contributed by atoms with Gasteiger partial charge < -0.3 is 31.5 Å². The van der Waals surface area contributed by atoms with Crippen LogP contribution in [0, 0.1) is 34.0 Å². The maximum absolute atomic E-state index is 14.4. The van der Waals surface area contributed by atoms with Gasteiger partial charge in [0.1, 0.15) is 11.8 Å². The number of hydrogen-bond acceptors (Lipinski definition) is 9. The Kier molecular flexibility index (Phi) is 17.5. The van der Waals surface area contributed by atoms with E-state index >= 15 is 0 Å². The Labute approximate surface area is 353 Å². The number of ketones is 3. The lowest BCUT2D eigenvalue weighted by Gasteiger charge is -2.44. The van der Waals surface area contributed by atoms with Crippen LogP contribution in [0.1, 0.15) is 165 Å². The molecule has 0 aromatic heterocycles. The van der Waals surface area contributed by atoms with Crippen molar-refractivity contribution in [2.75, 3.05) is 26.7 Å². The van der Waals surface area contributed by atoms with Crippen molar-refractivity contribution in [3.05, 3.63) is 24.7 Å². The van der Waals surface area contributed by atoms with Gasteiger partial charge >= 0.3 is 0 Å². The molecule has 58 heavy (non-hydrogen) atoms. The fraction of sp³-hybridized carbons (Fsp3) is 0.833. The summed E-state index contributed by atoms with van der Waals surface area (Å²) in [5.41, 5.74) is 0.312. The van der Waals surface area contributed by atoms with E-state index in [-0.39, 0.29) is 57.5 Å². The molecule has 5 N–H and O–H groups in total. The predicted molar refractivity (Wildman–Crippen MR) is 237 cm³/mol. The molecule has 5 atom stereocenters. The largest absolute Gasteiger partial charge is 0.380 e. The minimum atomic E-state index is -0.461. The molecule has 0 aromatic rings. The molecule has 1 amide bonds. The first kappa shape index (κ1) is 48.0. The van der Waals surface area contributed by atoms with Gasteiger partial charge in [-0.1, -0.05) is 93.7 Å². The van der Waals surface area contributed by atoms with Crippen molar-refractivity contribution in [3.8, 4) is 0 Å². The summed E-state index contributed by atoms with van der Waals surface area (Å²) in [6, 6.07) is 0.0298. The highest BCUT2D eigenvalue weighted by Crippen LogP contribution is 2.43. The minimum Gasteiger partial charge on any atom is -0.380 e. The highest BCUT2D eigenvalue weighted by atomic mass is 16.2. The molecule has 1 heterocycles. The summed E-state index contributed by atoms with van der Waals surface area (Å²) < 4.78 is 0. The zero-order valence-corrected chi connectivity index (χ0v) is 38.3. The molecule has 4 saturated carbocycles. The van der Waals surface area contributed by atoms with E-state index in [0.29, 0.717) is 56.0 Å². The third-order valence-electron chi connectivity index (χ3n) is 13.8. The van der Waals surface area contributed by atoms with Crippen molar-refractivity contribution >= 4 is 23.3 Å². The van der Waals surface area contributed by atoms with E-state index in [1.54, 1.807) is 6.92 Å². The Morgan fingerprint density at radius 2 is 1.50 bits per heavy atom. The van der Waals surface area contributed by atoms with E-state index in [1.807, 2.05) is 11.9 Å². The van der Waals surface area contributed by atoms with Gasteiger partial charge in [0.05, 0.1) is 24.1 Å². The Morgan fingerprint density at radius 3 is 2.03 bits per heavy atom. The number of nitrogens with one attached hydrogen (secondary N) is 5. The molecule has 330 valence electrons. The van der Waals surface area contributed by atoms with E-state index in [0.717, 1.165) is 56.9 Å². The molecule has 10 nitrogen and oxygen atoms in total. The van der Waals surface area contributed by atoms with E-state index in [9.17, 15) is 19.2 Å². The molecule has 4 unspecified atom stereocenters. The lowest BCUT2D eigenvalue weighted by atomic mass is 9.70. The van der Waals surface area contributed by atoms with Crippen LogP contribution in [0.15, 0.2) is 24.7 Å². The molecule has 4 aliphatic carbocycles. The van der Waals surface area contributed by atoms with Crippen molar-refractivity contribution in [2.24, 2.45) is 34.0 Å². The average molecular weight is 809 g/mol. The van der Waals surface area contributed by atoms with Gasteiger partial charge in [0.25, 0.3) is 0 Å². The van der Waals surface area contributed by atoms with Crippen LogP contribution in [0.3, 0.4) is 0 Å². The lowest BCUT2D eigenvalue weighted by Crippen LogP contribution is -2.58. The molecule has 0 aromatic carbocycles. The molecule has 10 heteroatoms. The van der Waals surface area contributed by atoms with Gasteiger partial charge in [0.15, 0.2) is 11.6 Å². The quantitative estimate of drug-likeness (QED) is 0.0664. The van der Waals surface area contributed by atoms with Crippen LogP contribution in [0.2, 0.25) is 0 Å². The normalized spacial score (nSPS) is 23.4. The monoisotopic (exact) mass is 809 g/mol. The standard InChI is InChI=1S/C34H60N4O3.C14H24N2O/c1-23(39)28-19-26(32(3,4)5)22-38(28)31(41)30(34(9)17-11-10-12-18-34)37-24(2)36-29(33(6,7)8)16-15-27(40)21-35-20-25-13-14-25;1-10(16-12-7-8-12)14(17)9-13(15-2)6-5-11-3-4-11/h25-26,28-30,35-37H,2,10-22H2,1,3-9H3;11-13,15-16H,1,3-9H2,2H3/t26-,28?,29?,30?;/m1./s1. The summed E-state index contributed by atoms with van der Waals surface area (Å²) >= 11 is 0. The molecule has 5 aliphatic rings. The highest BCUT2D eigenvalue weighted by molar-refractivity contribution is 5.94. The van der Waals surface area contributed by atoms with Gasteiger partial charge in [-0.2, -0.15) is 0 Å². The maximum Gasteiger partial charge on any atom is 0.246 e. The molecule has 5 fully saturated rings. The molecular weight excluding hydrogens is 725 g/mol. The van der Waals surface area contributed by atoms with Crippen molar-refractivity contribution in [1.29, 1.82) is 0 Å². The Bertz CT molecular complexity index is 1410. The first-order valence-corrected chi connectivity index (χ1v) is 23.1. The summed E-state index contributed by atoms with van der Waals surface area (Å²) in [7, 11) is 1.95. The van der Waals surface area contributed by atoms with Crippen LogP contribution >= 0.6 is 0 Å². The van der Waals surface area contributed by atoms with Gasteiger partial charge in [-0.05, 0) is 119 Å². The molecule has 1 saturated heterocycles. The van der Waals surface area contributed by atoms with Crippen molar-refractivity contribution in [1.82, 2.24) is 31.5 Å². The van der Waals surface area contributed by atoms with Gasteiger partial charge in [0.2, 0.25) is 5.91 Å². The average Bonchev–Trinajstić information content (AvgIpc) is 4.04. The molecule has 1 aliphatic heterocycles. The maximum atomic E-state index is 14.4. The molecule has 5 rings (SSSR count). The summed E-state index contributed by atoms with van der Waals surface area (Å²) in [5, 5.41) is 16.9. The lowest BCUT2D eigenvalue weighted by molar-refractivity contribution is -0.142. The summed E-state index contributed by atoms with van der Waals surface area (Å²) in [6.45, 7) is 27.1. The second kappa shape index (κ2) is 21.2. The second-order valence-electron chi connectivity index (χ2n) is 21.4. The summed E-state index contributed by atoms with van der Waals surface area (Å²) in [4.78, 5) is 53.6. The van der Waals surface area contributed by atoms with Crippen LogP contribution in [-0.2, 0) is 19.2 Å². The van der Waals surface area contributed by atoms with E-state index in [1.165, 1.54) is 51.4 Å². The number of Topliss-reactive ketones (excluding diaryl/α,β-unsaturated/α-hetero) is 3. The first-order chi connectivity index (χ1) is 27.2. The fourth-order valence-electron chi connectivity index (χ4n) is 8.81.